The van der Waals surface area contributed by atoms with E-state index in [1.807, 2.05) is 22.1 Å². The van der Waals surface area contributed by atoms with E-state index >= 15 is 0 Å². The molecule has 3 rings (SSSR count). The molecule has 1 aliphatic rings. The summed E-state index contributed by atoms with van der Waals surface area (Å²) in [4.78, 5) is 19.7. The predicted molar refractivity (Wildman–Crippen MR) is 80.1 cm³/mol. The molecule has 0 aliphatic carbocycles. The number of nitrogens with zero attached hydrogens (tertiary/aromatic N) is 2. The van der Waals surface area contributed by atoms with Gasteiger partial charge >= 0.3 is 0 Å². The molecule has 1 aromatic heterocycles. The highest BCUT2D eigenvalue weighted by Gasteiger charge is 2.24. The van der Waals surface area contributed by atoms with E-state index in [4.69, 9.17) is 9.25 Å². The summed E-state index contributed by atoms with van der Waals surface area (Å²) >= 11 is 0. The van der Waals surface area contributed by atoms with Gasteiger partial charge in [0.2, 0.25) is 0 Å². The van der Waals surface area contributed by atoms with Crippen molar-refractivity contribution in [3.8, 4) is 0 Å². The monoisotopic (exact) mass is 288 g/mol. The van der Waals surface area contributed by atoms with Gasteiger partial charge in [0.25, 0.3) is 5.91 Å². The number of piperazine rings is 1. The van der Waals surface area contributed by atoms with Crippen molar-refractivity contribution in [2.24, 2.45) is 0 Å². The van der Waals surface area contributed by atoms with Crippen LogP contribution in [0.3, 0.4) is 0 Å². The second kappa shape index (κ2) is 5.87. The fourth-order valence-electron chi connectivity index (χ4n) is 2.71. The Bertz CT molecular complexity index is 642. The van der Waals surface area contributed by atoms with E-state index < -0.39 is 0 Å². The van der Waals surface area contributed by atoms with Crippen LogP contribution in [-0.4, -0.2) is 49.2 Å². The largest absolute Gasteiger partial charge is 0.463 e. The maximum Gasteiger partial charge on any atom is 0.257 e. The van der Waals surface area contributed by atoms with Crippen LogP contribution in [0.15, 0.2) is 28.9 Å². The van der Waals surface area contributed by atoms with Gasteiger partial charge in [-0.2, -0.15) is 5.06 Å². The van der Waals surface area contributed by atoms with E-state index in [0.29, 0.717) is 18.7 Å². The Morgan fingerprint density at radius 2 is 2.05 bits per heavy atom. The van der Waals surface area contributed by atoms with Gasteiger partial charge in [0.05, 0.1) is 12.7 Å². The molecule has 21 heavy (non-hydrogen) atoms. The number of rotatable bonds is 3. The lowest BCUT2D eigenvalue weighted by Crippen LogP contribution is -2.48. The fourth-order valence-corrected chi connectivity index (χ4v) is 2.71. The molecule has 1 saturated heterocycles. The predicted octanol–water partition coefficient (Wildman–Crippen LogP) is 2.31. The molecule has 1 aromatic carbocycles. The molecule has 1 fully saturated rings. The summed E-state index contributed by atoms with van der Waals surface area (Å²) in [6.45, 7) is 4.92. The fraction of sp³-hybridized carbons (Fsp3) is 0.438. The standard InChI is InChI=1S/C16H20N2O3/c1-3-12-4-5-15-13(10-12)14(11-21-15)16(19)17-6-8-18(20-2)9-7-17/h4-5,10-11H,3,6-9H2,1-2H3. The average molecular weight is 288 g/mol. The summed E-state index contributed by atoms with van der Waals surface area (Å²) in [6.07, 6.45) is 2.52. The van der Waals surface area contributed by atoms with Gasteiger partial charge in [0.1, 0.15) is 11.8 Å². The molecule has 5 nitrogen and oxygen atoms in total. The lowest BCUT2D eigenvalue weighted by molar-refractivity contribution is -0.147. The Hall–Kier alpha value is -1.85. The van der Waals surface area contributed by atoms with Crippen molar-refractivity contribution in [2.75, 3.05) is 33.3 Å². The van der Waals surface area contributed by atoms with Crippen LogP contribution < -0.4 is 0 Å². The molecule has 0 radical (unpaired) electrons. The lowest BCUT2D eigenvalue weighted by Gasteiger charge is -2.32. The third kappa shape index (κ3) is 2.66. The van der Waals surface area contributed by atoms with Crippen LogP contribution in [0.2, 0.25) is 0 Å². The number of furan rings is 1. The summed E-state index contributed by atoms with van der Waals surface area (Å²) in [6, 6.07) is 6.03. The molecule has 1 amide bonds. The maximum absolute atomic E-state index is 12.7. The van der Waals surface area contributed by atoms with Crippen molar-refractivity contribution in [1.82, 2.24) is 9.96 Å². The number of hydrogen-bond acceptors (Lipinski definition) is 4. The Morgan fingerprint density at radius 1 is 1.29 bits per heavy atom. The first-order valence-electron chi connectivity index (χ1n) is 7.31. The molecule has 112 valence electrons. The smallest absolute Gasteiger partial charge is 0.257 e. The van der Waals surface area contributed by atoms with Crippen molar-refractivity contribution < 1.29 is 14.0 Å². The third-order valence-corrected chi connectivity index (χ3v) is 4.06. The molecule has 2 aromatic rings. The topological polar surface area (TPSA) is 45.9 Å². The van der Waals surface area contributed by atoms with Gasteiger partial charge in [0.15, 0.2) is 0 Å². The first kappa shape index (κ1) is 14.1. The molecule has 0 bridgehead atoms. The highest BCUT2D eigenvalue weighted by Crippen LogP contribution is 2.24. The molecular formula is C16H20N2O3. The number of aryl methyl sites for hydroxylation is 1. The third-order valence-electron chi connectivity index (χ3n) is 4.06. The van der Waals surface area contributed by atoms with Crippen LogP contribution in [0, 0.1) is 0 Å². The zero-order valence-electron chi connectivity index (χ0n) is 12.5. The summed E-state index contributed by atoms with van der Waals surface area (Å²) in [5.74, 6) is 0.0396. The second-order valence-electron chi connectivity index (χ2n) is 5.24. The van der Waals surface area contributed by atoms with Crippen molar-refractivity contribution in [3.63, 3.8) is 0 Å². The minimum absolute atomic E-state index is 0.0396. The molecule has 0 unspecified atom stereocenters. The first-order chi connectivity index (χ1) is 10.2. The van der Waals surface area contributed by atoms with E-state index in [0.717, 1.165) is 30.5 Å². The van der Waals surface area contributed by atoms with Gasteiger partial charge in [0, 0.05) is 31.6 Å². The molecule has 5 heteroatoms. The van der Waals surface area contributed by atoms with E-state index in [-0.39, 0.29) is 5.91 Å². The highest BCUT2D eigenvalue weighted by molar-refractivity contribution is 6.06. The van der Waals surface area contributed by atoms with Gasteiger partial charge in [-0.3, -0.25) is 4.79 Å². The van der Waals surface area contributed by atoms with Crippen LogP contribution in [0.1, 0.15) is 22.8 Å². The summed E-state index contributed by atoms with van der Waals surface area (Å²) in [7, 11) is 1.66. The Kier molecular flexibility index (Phi) is 3.94. The van der Waals surface area contributed by atoms with Crippen molar-refractivity contribution >= 4 is 16.9 Å². The second-order valence-corrected chi connectivity index (χ2v) is 5.24. The number of carbonyl (C=O) groups is 1. The molecule has 0 spiro atoms. The molecule has 0 atom stereocenters. The Morgan fingerprint density at radius 3 is 2.71 bits per heavy atom. The molecule has 1 aliphatic heterocycles. The quantitative estimate of drug-likeness (QED) is 0.869. The minimum Gasteiger partial charge on any atom is -0.463 e. The summed E-state index contributed by atoms with van der Waals surface area (Å²) in [5.41, 5.74) is 2.64. The van der Waals surface area contributed by atoms with E-state index in [1.165, 1.54) is 5.56 Å². The molecular weight excluding hydrogens is 268 g/mol. The summed E-state index contributed by atoms with van der Waals surface area (Å²) in [5, 5.41) is 2.78. The van der Waals surface area contributed by atoms with Gasteiger partial charge in [-0.25, -0.2) is 0 Å². The van der Waals surface area contributed by atoms with Crippen molar-refractivity contribution in [1.29, 1.82) is 0 Å². The van der Waals surface area contributed by atoms with Crippen LogP contribution in [-0.2, 0) is 11.3 Å². The van der Waals surface area contributed by atoms with Crippen LogP contribution in [0.25, 0.3) is 11.0 Å². The average Bonchev–Trinajstić information content (AvgIpc) is 2.97. The zero-order chi connectivity index (χ0) is 14.8. The highest BCUT2D eigenvalue weighted by atomic mass is 16.7. The molecule has 0 saturated carbocycles. The van der Waals surface area contributed by atoms with E-state index in [9.17, 15) is 4.79 Å². The number of carbonyl (C=O) groups excluding carboxylic acids is 1. The number of hydrogen-bond donors (Lipinski definition) is 0. The van der Waals surface area contributed by atoms with Crippen LogP contribution in [0.4, 0.5) is 0 Å². The van der Waals surface area contributed by atoms with Crippen molar-refractivity contribution in [2.45, 2.75) is 13.3 Å². The molecule has 2 heterocycles. The number of benzene rings is 1. The number of fused-ring (bicyclic) bond motifs is 1. The lowest BCUT2D eigenvalue weighted by atomic mass is 10.1. The van der Waals surface area contributed by atoms with Crippen LogP contribution in [0.5, 0.6) is 0 Å². The van der Waals surface area contributed by atoms with Gasteiger partial charge < -0.3 is 14.2 Å². The Balaban J connectivity index is 1.84. The van der Waals surface area contributed by atoms with Gasteiger partial charge in [-0.1, -0.05) is 13.0 Å². The van der Waals surface area contributed by atoms with E-state index in [1.54, 1.807) is 13.4 Å². The van der Waals surface area contributed by atoms with E-state index in [2.05, 4.69) is 13.0 Å². The van der Waals surface area contributed by atoms with Crippen LogP contribution >= 0.6 is 0 Å². The minimum atomic E-state index is 0.0396. The number of hydroxylamine groups is 2. The summed E-state index contributed by atoms with van der Waals surface area (Å²) < 4.78 is 5.52. The van der Waals surface area contributed by atoms with Gasteiger partial charge in [-0.05, 0) is 24.1 Å². The molecule has 0 N–H and O–H groups in total. The van der Waals surface area contributed by atoms with Gasteiger partial charge in [-0.15, -0.1) is 0 Å². The maximum atomic E-state index is 12.7. The first-order valence-corrected chi connectivity index (χ1v) is 7.31. The zero-order valence-corrected chi connectivity index (χ0v) is 12.5. The SMILES string of the molecule is CCc1ccc2occ(C(=O)N3CCN(OC)CC3)c2c1. The van der Waals surface area contributed by atoms with Crippen molar-refractivity contribution in [3.05, 3.63) is 35.6 Å². The normalized spacial score (nSPS) is 16.6. The Labute approximate surface area is 124 Å². The number of amides is 1.